The van der Waals surface area contributed by atoms with Crippen LogP contribution in [0.15, 0.2) is 66.7 Å². The molecule has 400 valence electrons. The minimum Gasteiger partial charge on any atom is -0.477 e. The number of aliphatic carboxylic acids is 1. The largest absolute Gasteiger partial charge is 0.477 e. The average Bonchev–Trinajstić information content (AvgIpc) is 4.09. The number of rotatable bonds is 16. The van der Waals surface area contributed by atoms with Gasteiger partial charge in [0.2, 0.25) is 11.7 Å². The molecule has 2 heterocycles. The van der Waals surface area contributed by atoms with Gasteiger partial charge in [-0.3, -0.25) is 20.0 Å². The molecule has 5 atom stereocenters. The molecule has 0 radical (unpaired) electrons. The number of aliphatic hydroxyl groups is 1. The Morgan fingerprint density at radius 1 is 0.824 bits per heavy atom. The van der Waals surface area contributed by atoms with E-state index in [4.69, 9.17) is 14.6 Å². The lowest BCUT2D eigenvalue weighted by Gasteiger charge is -2.33. The molecule has 3 fully saturated rings. The monoisotopic (exact) mass is 1030 g/mol. The number of aryl methyl sites for hydroxylation is 1. The number of H-pyrrole nitrogens is 1. The number of alkyl halides is 4. The van der Waals surface area contributed by atoms with Crippen molar-refractivity contribution in [1.82, 2.24) is 36.0 Å². The fourth-order valence-electron chi connectivity index (χ4n) is 10.0. The topological polar surface area (TPSA) is 237 Å². The van der Waals surface area contributed by atoms with E-state index in [0.29, 0.717) is 31.5 Å². The Morgan fingerprint density at radius 3 is 2.09 bits per heavy atom. The maximum Gasteiger partial charge on any atom is 0.411 e. The Hall–Kier alpha value is -6.61. The number of carbonyl (C=O) groups is 5. The molecule has 7 rings (SSSR count). The molecule has 2 aliphatic carbocycles. The first-order chi connectivity index (χ1) is 34.7. The molecule has 1 saturated heterocycles. The van der Waals surface area contributed by atoms with Crippen LogP contribution in [0.4, 0.5) is 32.8 Å². The summed E-state index contributed by atoms with van der Waals surface area (Å²) in [6.45, 7) is 13.8. The van der Waals surface area contributed by atoms with E-state index in [0.717, 1.165) is 54.4 Å². The number of hydrogen-bond acceptors (Lipinski definition) is 11. The van der Waals surface area contributed by atoms with Gasteiger partial charge in [-0.2, -0.15) is 22.7 Å². The fraction of sp³-hybridized carbons (Fsp3) is 0.528. The maximum atomic E-state index is 14.4. The molecule has 0 bridgehead atoms. The van der Waals surface area contributed by atoms with E-state index in [2.05, 4.69) is 31.3 Å². The molecular weight excluding hydrogens is 969 g/mol. The number of amides is 4. The number of ether oxygens (including phenoxy) is 2. The molecule has 3 aliphatic rings. The summed E-state index contributed by atoms with van der Waals surface area (Å²) < 4.78 is 67.4. The summed E-state index contributed by atoms with van der Waals surface area (Å²) in [7, 11) is 0. The van der Waals surface area contributed by atoms with Gasteiger partial charge in [-0.05, 0) is 170 Å². The van der Waals surface area contributed by atoms with Crippen LogP contribution < -0.4 is 21.3 Å². The van der Waals surface area contributed by atoms with Gasteiger partial charge in [-0.15, -0.1) is 0 Å². The van der Waals surface area contributed by atoms with Crippen molar-refractivity contribution < 1.29 is 61.2 Å². The lowest BCUT2D eigenvalue weighted by molar-refractivity contribution is -0.231. The number of likely N-dealkylation sites (tertiary alicyclic amines) is 1. The van der Waals surface area contributed by atoms with Gasteiger partial charge in [0.25, 0.3) is 5.91 Å². The summed E-state index contributed by atoms with van der Waals surface area (Å²) in [5.74, 6) is -16.3. The third-order valence-electron chi connectivity index (χ3n) is 13.8. The number of anilines is 1. The Labute approximate surface area is 426 Å². The van der Waals surface area contributed by atoms with Crippen LogP contribution in [0.25, 0.3) is 22.5 Å². The van der Waals surface area contributed by atoms with Crippen molar-refractivity contribution in [1.29, 1.82) is 0 Å². The number of fused-ring (bicyclic) bond motifs is 1. The number of carboxylic acid groups (broad SMARTS) is 1. The highest BCUT2D eigenvalue weighted by Crippen LogP contribution is 2.42. The van der Waals surface area contributed by atoms with Gasteiger partial charge in [-0.1, -0.05) is 30.3 Å². The quantitative estimate of drug-likeness (QED) is 0.0413. The first kappa shape index (κ1) is 55.1. The van der Waals surface area contributed by atoms with E-state index in [9.17, 15) is 46.6 Å². The Bertz CT molecular complexity index is 2660. The van der Waals surface area contributed by atoms with Gasteiger partial charge >= 0.3 is 30.0 Å². The number of nitrogens with one attached hydrogen (secondary N) is 5. The van der Waals surface area contributed by atoms with Crippen molar-refractivity contribution >= 4 is 35.7 Å². The zero-order chi connectivity index (χ0) is 53.9. The van der Waals surface area contributed by atoms with Gasteiger partial charge in [0.15, 0.2) is 5.82 Å². The van der Waals surface area contributed by atoms with Gasteiger partial charge in [-0.25, -0.2) is 19.4 Å². The van der Waals surface area contributed by atoms with E-state index in [1.54, 1.807) is 36.8 Å². The van der Waals surface area contributed by atoms with Gasteiger partial charge in [0.05, 0.1) is 6.04 Å². The number of carbonyl (C=O) groups excluding carboxylic acids is 4. The van der Waals surface area contributed by atoms with E-state index >= 15 is 0 Å². The Kier molecular flexibility index (Phi) is 16.5. The molecule has 0 spiro atoms. The minimum absolute atomic E-state index is 0.0223. The zero-order valence-electron chi connectivity index (χ0n) is 42.6. The van der Waals surface area contributed by atoms with Crippen molar-refractivity contribution in [3.05, 3.63) is 89.2 Å². The van der Waals surface area contributed by atoms with E-state index in [-0.39, 0.29) is 59.5 Å². The summed E-state index contributed by atoms with van der Waals surface area (Å²) in [5.41, 5.74) is 3.04. The molecule has 2 saturated carbocycles. The van der Waals surface area contributed by atoms with Crippen molar-refractivity contribution in [2.75, 3.05) is 18.4 Å². The predicted octanol–water partition coefficient (Wildman–Crippen LogP) is 8.57. The fourth-order valence-corrected chi connectivity index (χ4v) is 10.0. The van der Waals surface area contributed by atoms with Crippen LogP contribution in [0, 0.1) is 24.7 Å². The highest BCUT2D eigenvalue weighted by Gasteiger charge is 2.65. The van der Waals surface area contributed by atoms with E-state index in [1.165, 1.54) is 24.3 Å². The molecule has 7 N–H and O–H groups in total. The summed E-state index contributed by atoms with van der Waals surface area (Å²) >= 11 is 0. The predicted molar refractivity (Wildman–Crippen MR) is 265 cm³/mol. The SMILES string of the molecule is Cc1cc(C(=O)NC2CCC3C2CCN3C(=O)OC(C)(C)C)ccc1-c1ccc(C[C@H](NC(O)C2CCC(CNC(=O)OC(C)(C)C)CC2)C(=O)Nc2ccc(-c3n[nH]c(C(F)(F)C(F)(F)C(=O)O)n3)cc2)cc1. The molecule has 74 heavy (non-hydrogen) atoms. The van der Waals surface area contributed by atoms with Gasteiger partial charge in [0, 0.05) is 47.9 Å². The lowest BCUT2D eigenvalue weighted by atomic mass is 9.81. The summed E-state index contributed by atoms with van der Waals surface area (Å²) in [6.07, 6.45) is 3.26. The number of aliphatic hydroxyl groups excluding tert-OH is 1. The zero-order valence-corrected chi connectivity index (χ0v) is 42.6. The first-order valence-corrected chi connectivity index (χ1v) is 24.9. The van der Waals surface area contributed by atoms with Crippen LogP contribution in [0.5, 0.6) is 0 Å². The van der Waals surface area contributed by atoms with Crippen LogP contribution in [0.3, 0.4) is 0 Å². The number of halogens is 4. The molecule has 1 aromatic heterocycles. The van der Waals surface area contributed by atoms with Crippen LogP contribution in [0.1, 0.15) is 114 Å². The maximum absolute atomic E-state index is 14.4. The van der Waals surface area contributed by atoms with Gasteiger partial charge in [0.1, 0.15) is 17.4 Å². The van der Waals surface area contributed by atoms with Crippen LogP contribution in [-0.4, -0.2) is 115 Å². The minimum atomic E-state index is -5.46. The van der Waals surface area contributed by atoms with Crippen molar-refractivity contribution in [2.45, 2.75) is 147 Å². The lowest BCUT2D eigenvalue weighted by Crippen LogP contribution is -2.50. The molecule has 1 aliphatic heterocycles. The standard InChI is InChI=1S/C53H66F4N8O9/c1-29-26-35(44(67)60-39-22-23-41-38(39)24-25-65(41)49(72)74-51(5,6)7)18-21-37(29)32-12-8-30(9-13-32)27-40(61-43(66)34-14-10-31(11-15-34)28-58-48(71)73-50(2,3)4)45(68)59-36-19-16-33(17-20-36)42-62-46(64-63-42)52(54,55)53(56,57)47(69)70/h8-9,12-13,16-21,26,31,34,38-41,43,61,66H,10-11,14-15,22-25,27-28H2,1-7H3,(H,58,71)(H,59,68)(H,60,67)(H,69,70)(H,62,63,64)/t31?,34?,38?,39?,40-,41?,43?/m0/s1. The molecule has 21 heteroatoms. The first-order valence-electron chi connectivity index (χ1n) is 24.9. The summed E-state index contributed by atoms with van der Waals surface area (Å²) in [4.78, 5) is 68.9. The molecular formula is C53H66F4N8O9. The second-order valence-electron chi connectivity index (χ2n) is 21.6. The highest BCUT2D eigenvalue weighted by molar-refractivity contribution is 5.96. The number of aromatic amines is 1. The third-order valence-corrected chi connectivity index (χ3v) is 13.8. The average molecular weight is 1040 g/mol. The van der Waals surface area contributed by atoms with Crippen LogP contribution in [0.2, 0.25) is 0 Å². The Morgan fingerprint density at radius 2 is 1.47 bits per heavy atom. The molecule has 17 nitrogen and oxygen atoms in total. The van der Waals surface area contributed by atoms with Crippen molar-refractivity contribution in [3.63, 3.8) is 0 Å². The summed E-state index contributed by atoms with van der Waals surface area (Å²) in [6, 6.07) is 17.6. The molecule has 4 unspecified atom stereocenters. The third kappa shape index (κ3) is 13.2. The van der Waals surface area contributed by atoms with E-state index < -0.39 is 64.9 Å². The second kappa shape index (κ2) is 22.1. The van der Waals surface area contributed by atoms with Crippen molar-refractivity contribution in [3.8, 4) is 22.5 Å². The highest BCUT2D eigenvalue weighted by atomic mass is 19.3. The van der Waals surface area contributed by atoms with Crippen LogP contribution >= 0.6 is 0 Å². The number of aromatic nitrogens is 3. The number of benzene rings is 3. The number of nitrogens with zero attached hydrogens (tertiary/aromatic N) is 3. The molecule has 4 aromatic rings. The van der Waals surface area contributed by atoms with Crippen molar-refractivity contribution in [2.24, 2.45) is 17.8 Å². The van der Waals surface area contributed by atoms with Crippen LogP contribution in [-0.2, 0) is 31.4 Å². The normalized spacial score (nSPS) is 21.0. The second-order valence-corrected chi connectivity index (χ2v) is 21.6. The van der Waals surface area contributed by atoms with E-state index in [1.807, 2.05) is 64.1 Å². The van der Waals surface area contributed by atoms with Gasteiger partial charge < -0.3 is 40.5 Å². The Balaban J connectivity index is 1.01. The molecule has 4 amide bonds. The smallest absolute Gasteiger partial charge is 0.411 e. The number of alkyl carbamates (subject to hydrolysis) is 1. The number of carboxylic acids is 1. The molecule has 3 aromatic carbocycles. The number of hydrogen-bond donors (Lipinski definition) is 7. The summed E-state index contributed by atoms with van der Waals surface area (Å²) in [5, 5.41) is 37.5.